The van der Waals surface area contributed by atoms with Gasteiger partial charge in [-0.15, -0.1) is 0 Å². The van der Waals surface area contributed by atoms with E-state index in [0.717, 1.165) is 19.3 Å². The summed E-state index contributed by atoms with van der Waals surface area (Å²) in [7, 11) is 0. The zero-order valence-corrected chi connectivity index (χ0v) is 10.7. The molecule has 1 aromatic carbocycles. The summed E-state index contributed by atoms with van der Waals surface area (Å²) < 4.78 is 0. The molecule has 96 valence electrons. The molecule has 0 bridgehead atoms. The summed E-state index contributed by atoms with van der Waals surface area (Å²) in [6, 6.07) is 7.47. The van der Waals surface area contributed by atoms with Crippen LogP contribution < -0.4 is 0 Å². The standard InChI is InChI=1S/C15H24O2/c1-13(16)7-5-3-2-4-6-8-14-9-11-15(17)12-10-14/h9-13,16-17H,2-8H2,1H3. The number of aromatic hydroxyl groups is 1. The molecule has 1 unspecified atom stereocenters. The fourth-order valence-corrected chi connectivity index (χ4v) is 1.96. The molecule has 0 aliphatic carbocycles. The van der Waals surface area contributed by atoms with E-state index in [9.17, 15) is 0 Å². The van der Waals surface area contributed by atoms with E-state index < -0.39 is 0 Å². The summed E-state index contributed by atoms with van der Waals surface area (Å²) in [5.41, 5.74) is 1.30. The van der Waals surface area contributed by atoms with Gasteiger partial charge in [-0.05, 0) is 43.9 Å². The average molecular weight is 236 g/mol. The zero-order valence-electron chi connectivity index (χ0n) is 10.7. The largest absolute Gasteiger partial charge is 0.508 e. The lowest BCUT2D eigenvalue weighted by Crippen LogP contribution is -1.98. The summed E-state index contributed by atoms with van der Waals surface area (Å²) in [5, 5.41) is 18.3. The Kier molecular flexibility index (Phi) is 6.71. The van der Waals surface area contributed by atoms with E-state index in [1.807, 2.05) is 19.1 Å². The Morgan fingerprint density at radius 2 is 1.53 bits per heavy atom. The van der Waals surface area contributed by atoms with Crippen LogP contribution in [-0.2, 0) is 6.42 Å². The molecule has 0 heterocycles. The molecule has 0 aliphatic rings. The normalized spacial score (nSPS) is 12.6. The number of hydrogen-bond donors (Lipinski definition) is 2. The van der Waals surface area contributed by atoms with Gasteiger partial charge in [0.05, 0.1) is 6.10 Å². The van der Waals surface area contributed by atoms with Crippen molar-refractivity contribution in [3.63, 3.8) is 0 Å². The van der Waals surface area contributed by atoms with Crippen LogP contribution in [-0.4, -0.2) is 16.3 Å². The second kappa shape index (κ2) is 8.13. The van der Waals surface area contributed by atoms with Gasteiger partial charge in [0.1, 0.15) is 5.75 Å². The van der Waals surface area contributed by atoms with Crippen LogP contribution in [0.2, 0.25) is 0 Å². The second-order valence-corrected chi connectivity index (χ2v) is 4.82. The summed E-state index contributed by atoms with van der Waals surface area (Å²) in [6.45, 7) is 1.85. The van der Waals surface area contributed by atoms with Crippen LogP contribution in [0.3, 0.4) is 0 Å². The van der Waals surface area contributed by atoms with Crippen molar-refractivity contribution in [2.24, 2.45) is 0 Å². The van der Waals surface area contributed by atoms with Crippen molar-refractivity contribution in [3.8, 4) is 5.75 Å². The van der Waals surface area contributed by atoms with Crippen molar-refractivity contribution in [1.82, 2.24) is 0 Å². The Hall–Kier alpha value is -1.02. The summed E-state index contributed by atoms with van der Waals surface area (Å²) in [4.78, 5) is 0. The number of rotatable bonds is 8. The number of phenolic OH excluding ortho intramolecular Hbond substituents is 1. The minimum absolute atomic E-state index is 0.146. The molecule has 0 aromatic heterocycles. The van der Waals surface area contributed by atoms with Gasteiger partial charge in [-0.25, -0.2) is 0 Å². The summed E-state index contributed by atoms with van der Waals surface area (Å²) >= 11 is 0. The number of unbranched alkanes of at least 4 members (excludes halogenated alkanes) is 4. The molecule has 2 N–H and O–H groups in total. The van der Waals surface area contributed by atoms with Crippen molar-refractivity contribution in [2.45, 2.75) is 58.0 Å². The highest BCUT2D eigenvalue weighted by Crippen LogP contribution is 2.13. The lowest BCUT2D eigenvalue weighted by atomic mass is 10.0. The lowest BCUT2D eigenvalue weighted by molar-refractivity contribution is 0.180. The highest BCUT2D eigenvalue weighted by Gasteiger charge is 1.97. The number of hydrogen-bond acceptors (Lipinski definition) is 2. The predicted octanol–water partition coefficient (Wildman–Crippen LogP) is 3.66. The van der Waals surface area contributed by atoms with E-state index in [4.69, 9.17) is 10.2 Å². The van der Waals surface area contributed by atoms with Crippen LogP contribution in [0.4, 0.5) is 0 Å². The third kappa shape index (κ3) is 7.01. The second-order valence-electron chi connectivity index (χ2n) is 4.82. The van der Waals surface area contributed by atoms with Crippen LogP contribution in [0.1, 0.15) is 51.0 Å². The highest BCUT2D eigenvalue weighted by molar-refractivity contribution is 5.25. The van der Waals surface area contributed by atoms with Crippen molar-refractivity contribution in [2.75, 3.05) is 0 Å². The first kappa shape index (κ1) is 14.0. The minimum atomic E-state index is -0.146. The highest BCUT2D eigenvalue weighted by atomic mass is 16.3. The van der Waals surface area contributed by atoms with Crippen LogP contribution in [0, 0.1) is 0 Å². The minimum Gasteiger partial charge on any atom is -0.508 e. The Morgan fingerprint density at radius 1 is 0.941 bits per heavy atom. The van der Waals surface area contributed by atoms with Gasteiger partial charge in [0, 0.05) is 0 Å². The van der Waals surface area contributed by atoms with Gasteiger partial charge in [0.25, 0.3) is 0 Å². The van der Waals surface area contributed by atoms with Crippen LogP contribution in [0.5, 0.6) is 5.75 Å². The molecule has 1 rings (SSSR count). The van der Waals surface area contributed by atoms with E-state index in [-0.39, 0.29) is 6.10 Å². The first-order valence-electron chi connectivity index (χ1n) is 6.64. The molecule has 17 heavy (non-hydrogen) atoms. The molecule has 2 heteroatoms. The molecular weight excluding hydrogens is 212 g/mol. The topological polar surface area (TPSA) is 40.5 Å². The zero-order chi connectivity index (χ0) is 12.5. The SMILES string of the molecule is CC(O)CCCCCCCc1ccc(O)cc1. The fourth-order valence-electron chi connectivity index (χ4n) is 1.96. The molecule has 1 atom stereocenters. The summed E-state index contributed by atoms with van der Waals surface area (Å²) in [6.07, 6.45) is 7.95. The number of phenols is 1. The molecule has 0 saturated heterocycles. The van der Waals surface area contributed by atoms with E-state index >= 15 is 0 Å². The van der Waals surface area contributed by atoms with Crippen molar-refractivity contribution < 1.29 is 10.2 Å². The van der Waals surface area contributed by atoms with Gasteiger partial charge >= 0.3 is 0 Å². The Bertz CT molecular complexity index is 290. The Morgan fingerprint density at radius 3 is 2.18 bits per heavy atom. The van der Waals surface area contributed by atoms with Gasteiger partial charge in [-0.2, -0.15) is 0 Å². The number of aryl methyl sites for hydroxylation is 1. The molecule has 0 amide bonds. The maximum atomic E-state index is 9.15. The Balaban J connectivity index is 1.99. The smallest absolute Gasteiger partial charge is 0.115 e. The van der Waals surface area contributed by atoms with Gasteiger partial charge in [-0.1, -0.05) is 37.8 Å². The van der Waals surface area contributed by atoms with Crippen LogP contribution in [0.25, 0.3) is 0 Å². The molecule has 0 radical (unpaired) electrons. The van der Waals surface area contributed by atoms with Crippen molar-refractivity contribution >= 4 is 0 Å². The average Bonchev–Trinajstić information content (AvgIpc) is 2.30. The first-order valence-corrected chi connectivity index (χ1v) is 6.64. The number of benzene rings is 1. The first-order chi connectivity index (χ1) is 8.18. The van der Waals surface area contributed by atoms with Crippen molar-refractivity contribution in [3.05, 3.63) is 29.8 Å². The molecular formula is C15H24O2. The van der Waals surface area contributed by atoms with Gasteiger partial charge < -0.3 is 10.2 Å². The Labute approximate surface area is 104 Å². The molecule has 0 saturated carbocycles. The third-order valence-electron chi connectivity index (χ3n) is 3.02. The van der Waals surface area contributed by atoms with E-state index in [0.29, 0.717) is 5.75 Å². The number of aliphatic hydroxyl groups is 1. The quantitative estimate of drug-likeness (QED) is 0.676. The van der Waals surface area contributed by atoms with E-state index in [2.05, 4.69) is 0 Å². The molecule has 1 aromatic rings. The molecule has 0 fully saturated rings. The van der Waals surface area contributed by atoms with Crippen molar-refractivity contribution in [1.29, 1.82) is 0 Å². The van der Waals surface area contributed by atoms with Gasteiger partial charge in [-0.3, -0.25) is 0 Å². The maximum absolute atomic E-state index is 9.15. The van der Waals surface area contributed by atoms with Crippen LogP contribution >= 0.6 is 0 Å². The fraction of sp³-hybridized carbons (Fsp3) is 0.600. The monoisotopic (exact) mass is 236 g/mol. The predicted molar refractivity (Wildman–Crippen MR) is 71.2 cm³/mol. The van der Waals surface area contributed by atoms with Gasteiger partial charge in [0.2, 0.25) is 0 Å². The summed E-state index contributed by atoms with van der Waals surface area (Å²) in [5.74, 6) is 0.340. The van der Waals surface area contributed by atoms with Crippen LogP contribution in [0.15, 0.2) is 24.3 Å². The molecule has 0 aliphatic heterocycles. The van der Waals surface area contributed by atoms with E-state index in [1.54, 1.807) is 12.1 Å². The lowest BCUT2D eigenvalue weighted by Gasteiger charge is -2.04. The van der Waals surface area contributed by atoms with E-state index in [1.165, 1.54) is 31.2 Å². The molecule has 2 nitrogen and oxygen atoms in total. The maximum Gasteiger partial charge on any atom is 0.115 e. The third-order valence-corrected chi connectivity index (χ3v) is 3.02. The van der Waals surface area contributed by atoms with Gasteiger partial charge in [0.15, 0.2) is 0 Å². The number of aliphatic hydroxyl groups excluding tert-OH is 1. The molecule has 0 spiro atoms.